The number of halogens is 1. The Bertz CT molecular complexity index is 1020. The van der Waals surface area contributed by atoms with Gasteiger partial charge in [-0.2, -0.15) is 0 Å². The van der Waals surface area contributed by atoms with E-state index in [1.54, 1.807) is 12.1 Å². The summed E-state index contributed by atoms with van der Waals surface area (Å²) < 4.78 is 2.80. The van der Waals surface area contributed by atoms with Crippen LogP contribution in [0.15, 0.2) is 28.0 Å². The van der Waals surface area contributed by atoms with Gasteiger partial charge >= 0.3 is 5.69 Å². The van der Waals surface area contributed by atoms with Crippen molar-refractivity contribution in [1.29, 1.82) is 0 Å². The Morgan fingerprint density at radius 1 is 1.15 bits per heavy atom. The number of hydrogen-bond donors (Lipinski definition) is 0. The summed E-state index contributed by atoms with van der Waals surface area (Å²) >= 11 is 6.17. The van der Waals surface area contributed by atoms with Crippen LogP contribution in [0.2, 0.25) is 5.02 Å². The van der Waals surface area contributed by atoms with Crippen molar-refractivity contribution in [3.05, 3.63) is 39.3 Å². The van der Waals surface area contributed by atoms with Gasteiger partial charge < -0.3 is 4.90 Å². The van der Waals surface area contributed by atoms with E-state index in [2.05, 4.69) is 10.1 Å². The molecule has 0 radical (unpaired) electrons. The van der Waals surface area contributed by atoms with Crippen LogP contribution in [0.25, 0.3) is 5.69 Å². The fourth-order valence-electron chi connectivity index (χ4n) is 4.01. The number of benzene rings is 1. The molecule has 9 heteroatoms. The lowest BCUT2D eigenvalue weighted by molar-refractivity contribution is -0.133. The topological polar surface area (TPSA) is 75.7 Å². The van der Waals surface area contributed by atoms with Gasteiger partial charge in [0.15, 0.2) is 0 Å². The molecule has 1 aromatic carbocycles. The summed E-state index contributed by atoms with van der Waals surface area (Å²) in [6, 6.07) is 5.42. The highest BCUT2D eigenvalue weighted by Gasteiger charge is 2.35. The van der Waals surface area contributed by atoms with Gasteiger partial charge in [0.25, 0.3) is 0 Å². The number of anilines is 1. The van der Waals surface area contributed by atoms with Gasteiger partial charge in [0, 0.05) is 30.2 Å². The Kier molecular flexibility index (Phi) is 3.82. The lowest BCUT2D eigenvalue weighted by Gasteiger charge is -2.26. The number of fused-ring (bicyclic) bond motifs is 6. The van der Waals surface area contributed by atoms with E-state index in [9.17, 15) is 9.59 Å². The summed E-state index contributed by atoms with van der Waals surface area (Å²) in [7, 11) is 0. The van der Waals surface area contributed by atoms with Crippen LogP contribution in [0.5, 0.6) is 0 Å². The standard InChI is InChI=1S/C18H19ClN6O2/c19-12-4-5-13-14(10-12)25-17(23-9-6-20-16(13)23)21-24(18(25)27)11-15(26)22-7-2-1-3-8-22/h4-5,10H,1-3,6-9,11H2. The minimum atomic E-state index is -0.329. The molecule has 2 aromatic rings. The van der Waals surface area contributed by atoms with E-state index in [0.29, 0.717) is 29.7 Å². The number of hydrogen-bond acceptors (Lipinski definition) is 5. The monoisotopic (exact) mass is 386 g/mol. The molecule has 4 heterocycles. The maximum absolute atomic E-state index is 13.1. The van der Waals surface area contributed by atoms with E-state index in [0.717, 1.165) is 43.8 Å². The molecule has 5 rings (SSSR count). The van der Waals surface area contributed by atoms with E-state index in [4.69, 9.17) is 11.6 Å². The van der Waals surface area contributed by atoms with Gasteiger partial charge in [-0.3, -0.25) is 14.7 Å². The quantitative estimate of drug-likeness (QED) is 0.779. The minimum Gasteiger partial charge on any atom is -0.341 e. The second kappa shape index (κ2) is 6.23. The van der Waals surface area contributed by atoms with Gasteiger partial charge in [0.1, 0.15) is 12.4 Å². The third-order valence-corrected chi connectivity index (χ3v) is 5.57. The van der Waals surface area contributed by atoms with Crippen molar-refractivity contribution in [1.82, 2.24) is 19.2 Å². The van der Waals surface area contributed by atoms with E-state index in [-0.39, 0.29) is 18.1 Å². The molecule has 3 aliphatic rings. The zero-order chi connectivity index (χ0) is 18.5. The SMILES string of the molecule is O=C(Cn1nc2n(c1=O)-c1cc(Cl)ccc1C1=NCCN12)N1CCCCC1. The fourth-order valence-corrected chi connectivity index (χ4v) is 4.17. The van der Waals surface area contributed by atoms with Crippen molar-refractivity contribution in [3.63, 3.8) is 0 Å². The number of piperidine rings is 1. The first-order valence-electron chi connectivity index (χ1n) is 9.23. The number of aromatic nitrogens is 3. The highest BCUT2D eigenvalue weighted by Crippen LogP contribution is 2.31. The number of likely N-dealkylation sites (tertiary alicyclic amines) is 1. The minimum absolute atomic E-state index is 0.0466. The van der Waals surface area contributed by atoms with Gasteiger partial charge in [-0.1, -0.05) is 11.6 Å². The Labute approximate surface area is 160 Å². The van der Waals surface area contributed by atoms with Crippen molar-refractivity contribution in [2.24, 2.45) is 4.99 Å². The Balaban J connectivity index is 1.57. The first kappa shape index (κ1) is 16.6. The summed E-state index contributed by atoms with van der Waals surface area (Å²) in [6.07, 6.45) is 3.18. The average molecular weight is 387 g/mol. The maximum Gasteiger partial charge on any atom is 0.352 e. The van der Waals surface area contributed by atoms with E-state index in [1.165, 1.54) is 9.25 Å². The number of amidine groups is 1. The lowest BCUT2D eigenvalue weighted by atomic mass is 10.1. The Hall–Kier alpha value is -2.61. The molecular formula is C18H19ClN6O2. The zero-order valence-corrected chi connectivity index (χ0v) is 15.5. The molecule has 1 amide bonds. The van der Waals surface area contributed by atoms with Gasteiger partial charge in [0.05, 0.1) is 12.2 Å². The van der Waals surface area contributed by atoms with Gasteiger partial charge in [-0.15, -0.1) is 5.10 Å². The lowest BCUT2D eigenvalue weighted by Crippen LogP contribution is -2.40. The summed E-state index contributed by atoms with van der Waals surface area (Å²) in [5, 5.41) is 5.02. The second-order valence-corrected chi connectivity index (χ2v) is 7.47. The molecule has 0 spiro atoms. The molecule has 140 valence electrons. The first-order valence-corrected chi connectivity index (χ1v) is 9.61. The maximum atomic E-state index is 13.1. The van der Waals surface area contributed by atoms with Gasteiger partial charge in [-0.05, 0) is 37.5 Å². The third-order valence-electron chi connectivity index (χ3n) is 5.34. The Morgan fingerprint density at radius 2 is 1.96 bits per heavy atom. The van der Waals surface area contributed by atoms with Crippen LogP contribution in [-0.4, -0.2) is 57.2 Å². The number of carbonyl (C=O) groups is 1. The van der Waals surface area contributed by atoms with Crippen molar-refractivity contribution in [2.45, 2.75) is 25.8 Å². The summed E-state index contributed by atoms with van der Waals surface area (Å²) in [4.78, 5) is 34.0. The Morgan fingerprint density at radius 3 is 2.78 bits per heavy atom. The van der Waals surface area contributed by atoms with Crippen LogP contribution in [-0.2, 0) is 11.3 Å². The van der Waals surface area contributed by atoms with E-state index in [1.807, 2.05) is 15.9 Å². The van der Waals surface area contributed by atoms with Crippen molar-refractivity contribution < 1.29 is 4.79 Å². The number of rotatable bonds is 2. The van der Waals surface area contributed by atoms with Crippen molar-refractivity contribution >= 4 is 29.3 Å². The molecule has 27 heavy (non-hydrogen) atoms. The smallest absolute Gasteiger partial charge is 0.341 e. The number of nitrogens with zero attached hydrogens (tertiary/aromatic N) is 6. The van der Waals surface area contributed by atoms with Gasteiger partial charge in [-0.25, -0.2) is 14.0 Å². The number of amides is 1. The fraction of sp³-hybridized carbons (Fsp3) is 0.444. The van der Waals surface area contributed by atoms with E-state index >= 15 is 0 Å². The molecular weight excluding hydrogens is 368 g/mol. The van der Waals surface area contributed by atoms with Crippen LogP contribution >= 0.6 is 11.6 Å². The molecule has 0 N–H and O–H groups in total. The summed E-state index contributed by atoms with van der Waals surface area (Å²) in [5.74, 6) is 1.24. The number of carbonyl (C=O) groups excluding carboxylic acids is 1. The van der Waals surface area contributed by atoms with Gasteiger partial charge in [0.2, 0.25) is 11.9 Å². The van der Waals surface area contributed by atoms with E-state index < -0.39 is 0 Å². The molecule has 1 aromatic heterocycles. The molecule has 1 fully saturated rings. The predicted octanol–water partition coefficient (Wildman–Crippen LogP) is 1.28. The highest BCUT2D eigenvalue weighted by molar-refractivity contribution is 6.31. The molecule has 0 saturated carbocycles. The summed E-state index contributed by atoms with van der Waals surface area (Å²) in [5.41, 5.74) is 1.19. The van der Waals surface area contributed by atoms with Crippen molar-refractivity contribution in [3.8, 4) is 5.69 Å². The molecule has 8 nitrogen and oxygen atoms in total. The third kappa shape index (κ3) is 2.58. The van der Waals surface area contributed by atoms with Crippen LogP contribution in [0, 0.1) is 0 Å². The van der Waals surface area contributed by atoms with Crippen LogP contribution in [0.1, 0.15) is 24.8 Å². The van der Waals surface area contributed by atoms with Crippen LogP contribution in [0.3, 0.4) is 0 Å². The first-order chi connectivity index (χ1) is 13.1. The molecule has 3 aliphatic heterocycles. The normalized spacial score (nSPS) is 18.0. The zero-order valence-electron chi connectivity index (χ0n) is 14.8. The largest absolute Gasteiger partial charge is 0.352 e. The molecule has 0 bridgehead atoms. The number of aliphatic imine (C=N–C) groups is 1. The molecule has 0 atom stereocenters. The molecule has 0 unspecified atom stereocenters. The van der Waals surface area contributed by atoms with Crippen molar-refractivity contribution in [2.75, 3.05) is 31.1 Å². The van der Waals surface area contributed by atoms with Crippen LogP contribution in [0.4, 0.5) is 5.95 Å². The highest BCUT2D eigenvalue weighted by atomic mass is 35.5. The molecule has 1 saturated heterocycles. The summed E-state index contributed by atoms with van der Waals surface area (Å²) in [6.45, 7) is 2.76. The predicted molar refractivity (Wildman–Crippen MR) is 102 cm³/mol. The van der Waals surface area contributed by atoms with Crippen LogP contribution < -0.4 is 10.6 Å². The average Bonchev–Trinajstić information content (AvgIpc) is 3.28. The molecule has 0 aliphatic carbocycles. The second-order valence-electron chi connectivity index (χ2n) is 7.04.